The summed E-state index contributed by atoms with van der Waals surface area (Å²) in [5.41, 5.74) is 1.20. The van der Waals surface area contributed by atoms with Crippen molar-refractivity contribution in [2.45, 2.75) is 44.1 Å². The Hall–Kier alpha value is -0.950. The van der Waals surface area contributed by atoms with Gasteiger partial charge in [0.05, 0.1) is 0 Å². The van der Waals surface area contributed by atoms with Gasteiger partial charge in [-0.1, -0.05) is 24.8 Å². The molecule has 6 heteroatoms. The molecule has 2 aromatic rings. The SMILES string of the molecule is CCN1CCCC1CN(Cc1cnc(SC)nc1)Cc1cccs1. The lowest BCUT2D eigenvalue weighted by molar-refractivity contribution is 0.166. The Morgan fingerprint density at radius 3 is 2.83 bits per heavy atom. The number of hydrogen-bond donors (Lipinski definition) is 0. The zero-order valence-corrected chi connectivity index (χ0v) is 16.2. The number of nitrogens with zero attached hydrogens (tertiary/aromatic N) is 4. The van der Waals surface area contributed by atoms with Crippen molar-refractivity contribution in [2.24, 2.45) is 0 Å². The Labute approximate surface area is 153 Å². The number of hydrogen-bond acceptors (Lipinski definition) is 6. The van der Waals surface area contributed by atoms with Crippen molar-refractivity contribution in [1.82, 2.24) is 19.8 Å². The molecule has 1 aliphatic rings. The van der Waals surface area contributed by atoms with Crippen LogP contribution >= 0.6 is 23.1 Å². The molecule has 0 saturated carbocycles. The fourth-order valence-electron chi connectivity index (χ4n) is 3.41. The molecule has 1 atom stereocenters. The van der Waals surface area contributed by atoms with Gasteiger partial charge in [-0.3, -0.25) is 9.80 Å². The Kier molecular flexibility index (Phi) is 6.66. The molecule has 3 rings (SSSR count). The summed E-state index contributed by atoms with van der Waals surface area (Å²) in [5, 5.41) is 3.01. The van der Waals surface area contributed by atoms with Gasteiger partial charge in [0.25, 0.3) is 0 Å². The normalized spacial score (nSPS) is 18.5. The van der Waals surface area contributed by atoms with Crippen LogP contribution in [0.15, 0.2) is 35.1 Å². The summed E-state index contributed by atoms with van der Waals surface area (Å²) in [6.45, 7) is 7.73. The largest absolute Gasteiger partial charge is 0.299 e. The van der Waals surface area contributed by atoms with Gasteiger partial charge in [0, 0.05) is 48.5 Å². The quantitative estimate of drug-likeness (QED) is 0.527. The first-order chi connectivity index (χ1) is 11.8. The molecule has 0 radical (unpaired) electrons. The zero-order chi connectivity index (χ0) is 16.8. The van der Waals surface area contributed by atoms with E-state index in [1.807, 2.05) is 30.0 Å². The molecule has 3 heterocycles. The van der Waals surface area contributed by atoms with Crippen LogP contribution in [0.4, 0.5) is 0 Å². The van der Waals surface area contributed by atoms with Crippen LogP contribution < -0.4 is 0 Å². The molecule has 0 amide bonds. The number of aromatic nitrogens is 2. The fourth-order valence-corrected chi connectivity index (χ4v) is 4.47. The summed E-state index contributed by atoms with van der Waals surface area (Å²) in [6.07, 6.45) is 8.62. The van der Waals surface area contributed by atoms with Gasteiger partial charge in [-0.15, -0.1) is 11.3 Å². The highest BCUT2D eigenvalue weighted by Gasteiger charge is 2.25. The highest BCUT2D eigenvalue weighted by molar-refractivity contribution is 7.98. The molecule has 0 aliphatic carbocycles. The first-order valence-electron chi connectivity index (χ1n) is 8.62. The van der Waals surface area contributed by atoms with E-state index in [9.17, 15) is 0 Å². The number of likely N-dealkylation sites (N-methyl/N-ethyl adjacent to an activating group) is 1. The van der Waals surface area contributed by atoms with Crippen LogP contribution in [-0.4, -0.2) is 51.7 Å². The summed E-state index contributed by atoms with van der Waals surface area (Å²) < 4.78 is 0. The van der Waals surface area contributed by atoms with E-state index in [1.54, 1.807) is 11.8 Å². The number of likely N-dealkylation sites (tertiary alicyclic amines) is 1. The standard InChI is InChI=1S/C18H26N4S2/c1-3-22-8-4-6-16(22)13-21(14-17-7-5-9-24-17)12-15-10-19-18(23-2)20-11-15/h5,7,9-11,16H,3-4,6,8,12-14H2,1-2H3. The van der Waals surface area contributed by atoms with Crippen molar-refractivity contribution in [3.05, 3.63) is 40.3 Å². The van der Waals surface area contributed by atoms with Crippen molar-refractivity contribution in [3.63, 3.8) is 0 Å². The lowest BCUT2D eigenvalue weighted by Gasteiger charge is -2.30. The van der Waals surface area contributed by atoms with Crippen molar-refractivity contribution in [2.75, 3.05) is 25.9 Å². The van der Waals surface area contributed by atoms with Crippen LogP contribution in [0.3, 0.4) is 0 Å². The molecule has 130 valence electrons. The second kappa shape index (κ2) is 8.94. The van der Waals surface area contributed by atoms with Crippen LogP contribution in [0.5, 0.6) is 0 Å². The van der Waals surface area contributed by atoms with Crippen LogP contribution in [0, 0.1) is 0 Å². The van der Waals surface area contributed by atoms with Crippen molar-refractivity contribution in [3.8, 4) is 0 Å². The van der Waals surface area contributed by atoms with Crippen molar-refractivity contribution >= 4 is 23.1 Å². The van der Waals surface area contributed by atoms with Crippen LogP contribution in [0.2, 0.25) is 0 Å². The van der Waals surface area contributed by atoms with E-state index in [0.29, 0.717) is 6.04 Å². The summed E-state index contributed by atoms with van der Waals surface area (Å²) in [5.74, 6) is 0. The summed E-state index contributed by atoms with van der Waals surface area (Å²) >= 11 is 3.43. The molecule has 2 aromatic heterocycles. The minimum absolute atomic E-state index is 0.682. The molecule has 0 spiro atoms. The molecule has 1 aliphatic heterocycles. The zero-order valence-electron chi connectivity index (χ0n) is 14.5. The van der Waals surface area contributed by atoms with Gasteiger partial charge in [0.1, 0.15) is 0 Å². The Balaban J connectivity index is 1.68. The van der Waals surface area contributed by atoms with Gasteiger partial charge in [-0.05, 0) is 43.6 Å². The van der Waals surface area contributed by atoms with Crippen molar-refractivity contribution in [1.29, 1.82) is 0 Å². The Bertz CT molecular complexity index is 600. The molecular weight excluding hydrogens is 336 g/mol. The highest BCUT2D eigenvalue weighted by atomic mass is 32.2. The maximum atomic E-state index is 4.43. The summed E-state index contributed by atoms with van der Waals surface area (Å²) in [7, 11) is 0. The topological polar surface area (TPSA) is 32.3 Å². The van der Waals surface area contributed by atoms with Crippen LogP contribution in [0.25, 0.3) is 0 Å². The third-order valence-corrected chi connectivity index (χ3v) is 6.04. The Morgan fingerprint density at radius 2 is 2.17 bits per heavy atom. The average molecular weight is 363 g/mol. The lowest BCUT2D eigenvalue weighted by atomic mass is 10.2. The summed E-state index contributed by atoms with van der Waals surface area (Å²) in [6, 6.07) is 5.06. The fraction of sp³-hybridized carbons (Fsp3) is 0.556. The van der Waals surface area contributed by atoms with Gasteiger partial charge in [0.2, 0.25) is 0 Å². The van der Waals surface area contributed by atoms with E-state index >= 15 is 0 Å². The number of thioether (sulfide) groups is 1. The molecule has 0 aromatic carbocycles. The summed E-state index contributed by atoms with van der Waals surface area (Å²) in [4.78, 5) is 15.5. The molecule has 1 saturated heterocycles. The van der Waals surface area contributed by atoms with Gasteiger partial charge in [0.15, 0.2) is 5.16 Å². The van der Waals surface area contributed by atoms with E-state index in [2.05, 4.69) is 44.2 Å². The maximum absolute atomic E-state index is 4.43. The van der Waals surface area contributed by atoms with E-state index in [-0.39, 0.29) is 0 Å². The molecule has 0 bridgehead atoms. The number of thiophene rings is 1. The predicted molar refractivity (Wildman–Crippen MR) is 103 cm³/mol. The minimum atomic E-state index is 0.682. The first-order valence-corrected chi connectivity index (χ1v) is 10.7. The first kappa shape index (κ1) is 17.9. The molecule has 1 unspecified atom stereocenters. The predicted octanol–water partition coefficient (Wildman–Crippen LogP) is 3.75. The molecule has 1 fully saturated rings. The molecule has 0 N–H and O–H groups in total. The maximum Gasteiger partial charge on any atom is 0.187 e. The third kappa shape index (κ3) is 4.79. The number of rotatable bonds is 8. The molecular formula is C18H26N4S2. The van der Waals surface area contributed by atoms with Crippen molar-refractivity contribution < 1.29 is 0 Å². The minimum Gasteiger partial charge on any atom is -0.299 e. The Morgan fingerprint density at radius 1 is 1.33 bits per heavy atom. The average Bonchev–Trinajstić information content (AvgIpc) is 3.27. The third-order valence-electron chi connectivity index (χ3n) is 4.60. The highest BCUT2D eigenvalue weighted by Crippen LogP contribution is 2.21. The van der Waals surface area contributed by atoms with Gasteiger partial charge in [-0.25, -0.2) is 9.97 Å². The second-order valence-electron chi connectivity index (χ2n) is 6.25. The van der Waals surface area contributed by atoms with Crippen LogP contribution in [0.1, 0.15) is 30.2 Å². The van der Waals surface area contributed by atoms with Crippen LogP contribution in [-0.2, 0) is 13.1 Å². The monoisotopic (exact) mass is 362 g/mol. The van der Waals surface area contributed by atoms with Gasteiger partial charge >= 0.3 is 0 Å². The van der Waals surface area contributed by atoms with E-state index in [0.717, 1.165) is 31.3 Å². The molecule has 4 nitrogen and oxygen atoms in total. The molecule has 24 heavy (non-hydrogen) atoms. The van der Waals surface area contributed by atoms with E-state index in [1.165, 1.54) is 29.8 Å². The van der Waals surface area contributed by atoms with Gasteiger partial charge < -0.3 is 0 Å². The lowest BCUT2D eigenvalue weighted by Crippen LogP contribution is -2.39. The van der Waals surface area contributed by atoms with E-state index < -0.39 is 0 Å². The van der Waals surface area contributed by atoms with E-state index in [4.69, 9.17) is 0 Å². The second-order valence-corrected chi connectivity index (χ2v) is 8.06. The smallest absolute Gasteiger partial charge is 0.187 e. The van der Waals surface area contributed by atoms with Gasteiger partial charge in [-0.2, -0.15) is 0 Å².